The first-order valence-corrected chi connectivity index (χ1v) is 7.56. The average Bonchev–Trinajstić information content (AvgIpc) is 3.34. The van der Waals surface area contributed by atoms with Gasteiger partial charge < -0.3 is 14.6 Å². The van der Waals surface area contributed by atoms with Crippen molar-refractivity contribution in [3.05, 3.63) is 41.7 Å². The smallest absolute Gasteiger partial charge is 0.248 e. The van der Waals surface area contributed by atoms with Crippen molar-refractivity contribution in [3.8, 4) is 17.4 Å². The summed E-state index contributed by atoms with van der Waals surface area (Å²) in [4.78, 5) is 12.3. The van der Waals surface area contributed by atoms with Crippen LogP contribution in [0.4, 0.5) is 0 Å². The molecule has 128 valence electrons. The predicted octanol–water partition coefficient (Wildman–Crippen LogP) is 0.291. The van der Waals surface area contributed by atoms with E-state index in [9.17, 15) is 5.11 Å². The lowest BCUT2D eigenvalue weighted by Crippen LogP contribution is -2.22. The number of aryl methyl sites for hydroxylation is 1. The van der Waals surface area contributed by atoms with Gasteiger partial charge in [-0.3, -0.25) is 4.99 Å². The molecule has 10 nitrogen and oxygen atoms in total. The molecule has 3 heterocycles. The largest absolute Gasteiger partial charge is 0.856 e. The van der Waals surface area contributed by atoms with E-state index in [1.165, 1.54) is 11.0 Å². The Morgan fingerprint density at radius 3 is 3.00 bits per heavy atom. The van der Waals surface area contributed by atoms with Crippen LogP contribution >= 0.6 is 0 Å². The van der Waals surface area contributed by atoms with Crippen molar-refractivity contribution < 1.29 is 14.6 Å². The zero-order valence-electron chi connectivity index (χ0n) is 13.5. The number of hydrogen-bond acceptors (Lipinski definition) is 8. The van der Waals surface area contributed by atoms with Crippen molar-refractivity contribution in [2.45, 2.75) is 19.9 Å². The molecule has 1 aliphatic heterocycles. The van der Waals surface area contributed by atoms with Gasteiger partial charge in [-0.1, -0.05) is 6.07 Å². The molecule has 4 rings (SSSR count). The molecule has 0 amide bonds. The molecule has 0 aliphatic carbocycles. The van der Waals surface area contributed by atoms with Crippen LogP contribution in [-0.2, 0) is 0 Å². The Labute approximate surface area is 142 Å². The lowest BCUT2D eigenvalue weighted by Gasteiger charge is -2.12. The number of rotatable bonds is 4. The molecule has 1 aromatic carbocycles. The first-order chi connectivity index (χ1) is 12.1. The summed E-state index contributed by atoms with van der Waals surface area (Å²) in [5.74, 6) is 1.72. The number of benzene rings is 1. The molecule has 0 bridgehead atoms. The van der Waals surface area contributed by atoms with Crippen LogP contribution in [0.2, 0.25) is 0 Å². The second kappa shape index (κ2) is 5.89. The maximum absolute atomic E-state index is 12.4. The van der Waals surface area contributed by atoms with Gasteiger partial charge in [-0.2, -0.15) is 14.8 Å². The molecule has 0 saturated heterocycles. The van der Waals surface area contributed by atoms with Crippen molar-refractivity contribution in [2.24, 2.45) is 4.99 Å². The van der Waals surface area contributed by atoms with Crippen LogP contribution in [0, 0.1) is 6.92 Å². The molecule has 1 atom stereocenters. The first kappa shape index (κ1) is 15.1. The highest BCUT2D eigenvalue weighted by Gasteiger charge is 2.16. The number of hydrogen-bond donors (Lipinski definition) is 1. The Hall–Kier alpha value is -3.43. The number of aromatic nitrogens is 6. The maximum atomic E-state index is 12.4. The molecule has 1 aliphatic rings. The van der Waals surface area contributed by atoms with Crippen LogP contribution in [-0.4, -0.2) is 42.6 Å². The number of nitrogens with one attached hydrogen (secondary N) is 1. The third-order valence-corrected chi connectivity index (χ3v) is 3.75. The normalized spacial score (nSPS) is 14.7. The SMILES string of the molecule is Cc1nc(C([O-])=N[C@H](C)c2ccc3c(c2)OCO3)nn1-c1ncn[nH]1. The van der Waals surface area contributed by atoms with E-state index in [0.29, 0.717) is 23.3 Å². The Balaban J connectivity index is 1.60. The highest BCUT2D eigenvalue weighted by molar-refractivity contribution is 5.86. The summed E-state index contributed by atoms with van der Waals surface area (Å²) >= 11 is 0. The van der Waals surface area contributed by atoms with Crippen molar-refractivity contribution in [3.63, 3.8) is 0 Å². The van der Waals surface area contributed by atoms with Gasteiger partial charge in [0.1, 0.15) is 12.2 Å². The van der Waals surface area contributed by atoms with Gasteiger partial charge in [-0.05, 0) is 31.5 Å². The summed E-state index contributed by atoms with van der Waals surface area (Å²) in [6, 6.07) is 5.09. The fourth-order valence-electron chi connectivity index (χ4n) is 2.46. The van der Waals surface area contributed by atoms with Gasteiger partial charge in [0, 0.05) is 5.90 Å². The van der Waals surface area contributed by atoms with Gasteiger partial charge in [0.15, 0.2) is 17.3 Å². The van der Waals surface area contributed by atoms with Gasteiger partial charge in [-0.25, -0.2) is 10.1 Å². The second-order valence-electron chi connectivity index (χ2n) is 5.43. The average molecular weight is 340 g/mol. The standard InChI is InChI=1S/C15H15N7O3/c1-8(10-3-4-11-12(5-10)25-7-24-11)18-14(23)13-19-9(2)22(21-13)15-16-6-17-20-15/h3-6,8H,7H2,1-2H3,(H,18,23)(H,16,17,20)/p-1/t8-/m1/s1. The molecule has 0 unspecified atom stereocenters. The second-order valence-corrected chi connectivity index (χ2v) is 5.43. The van der Waals surface area contributed by atoms with Crippen LogP contribution < -0.4 is 14.6 Å². The minimum Gasteiger partial charge on any atom is -0.856 e. The lowest BCUT2D eigenvalue weighted by atomic mass is 10.1. The van der Waals surface area contributed by atoms with Crippen molar-refractivity contribution in [1.82, 2.24) is 29.9 Å². The molecule has 3 aromatic rings. The van der Waals surface area contributed by atoms with E-state index in [1.807, 2.05) is 19.1 Å². The van der Waals surface area contributed by atoms with Crippen LogP contribution in [0.1, 0.15) is 30.2 Å². The third kappa shape index (κ3) is 2.77. The zero-order valence-corrected chi connectivity index (χ0v) is 13.5. The van der Waals surface area contributed by atoms with Gasteiger partial charge >= 0.3 is 0 Å². The number of aromatic amines is 1. The summed E-state index contributed by atoms with van der Waals surface area (Å²) in [7, 11) is 0. The summed E-state index contributed by atoms with van der Waals surface area (Å²) in [5, 5.41) is 23.0. The van der Waals surface area contributed by atoms with Crippen molar-refractivity contribution in [1.29, 1.82) is 0 Å². The molecule has 2 aromatic heterocycles. The van der Waals surface area contributed by atoms with Gasteiger partial charge in [0.2, 0.25) is 12.7 Å². The fraction of sp³-hybridized carbons (Fsp3) is 0.267. The number of aliphatic imine (C=N–C) groups is 1. The highest BCUT2D eigenvalue weighted by atomic mass is 16.7. The molecule has 25 heavy (non-hydrogen) atoms. The maximum Gasteiger partial charge on any atom is 0.248 e. The minimum absolute atomic E-state index is 0.00138. The van der Waals surface area contributed by atoms with E-state index < -0.39 is 5.90 Å². The molecule has 0 saturated carbocycles. The molecule has 0 spiro atoms. The van der Waals surface area contributed by atoms with Crippen molar-refractivity contribution >= 4 is 5.90 Å². The Morgan fingerprint density at radius 2 is 2.20 bits per heavy atom. The molecule has 0 radical (unpaired) electrons. The van der Waals surface area contributed by atoms with Gasteiger partial charge in [0.05, 0.1) is 6.04 Å². The van der Waals surface area contributed by atoms with Crippen molar-refractivity contribution in [2.75, 3.05) is 6.79 Å². The molecular weight excluding hydrogens is 326 g/mol. The van der Waals surface area contributed by atoms with Gasteiger partial charge in [0.25, 0.3) is 0 Å². The number of H-pyrrole nitrogens is 1. The molecule has 1 N–H and O–H groups in total. The topological polar surface area (TPSA) is 126 Å². The van der Waals surface area contributed by atoms with Crippen LogP contribution in [0.15, 0.2) is 29.5 Å². The fourth-order valence-corrected chi connectivity index (χ4v) is 2.46. The lowest BCUT2D eigenvalue weighted by molar-refractivity contribution is -0.214. The van der Waals surface area contributed by atoms with Crippen LogP contribution in [0.25, 0.3) is 5.95 Å². The summed E-state index contributed by atoms with van der Waals surface area (Å²) in [5.41, 5.74) is 0.837. The van der Waals surface area contributed by atoms with Gasteiger partial charge in [-0.15, -0.1) is 5.10 Å². The zero-order chi connectivity index (χ0) is 17.4. The van der Waals surface area contributed by atoms with Crippen LogP contribution in [0.3, 0.4) is 0 Å². The number of nitrogens with zero attached hydrogens (tertiary/aromatic N) is 6. The predicted molar refractivity (Wildman–Crippen MR) is 83.6 cm³/mol. The molecular formula is C15H14N7O3-. The quantitative estimate of drug-likeness (QED) is 0.534. The Morgan fingerprint density at radius 1 is 1.36 bits per heavy atom. The summed E-state index contributed by atoms with van der Waals surface area (Å²) < 4.78 is 12.0. The van der Waals surface area contributed by atoms with Crippen LogP contribution in [0.5, 0.6) is 11.5 Å². The van der Waals surface area contributed by atoms with E-state index in [-0.39, 0.29) is 18.7 Å². The summed E-state index contributed by atoms with van der Waals surface area (Å²) in [6.07, 6.45) is 1.35. The number of fused-ring (bicyclic) bond motifs is 1. The van der Waals surface area contributed by atoms with E-state index in [2.05, 4.69) is 30.3 Å². The third-order valence-electron chi connectivity index (χ3n) is 3.75. The Bertz CT molecular complexity index is 933. The molecule has 0 fully saturated rings. The highest BCUT2D eigenvalue weighted by Crippen LogP contribution is 2.34. The van der Waals surface area contributed by atoms with E-state index >= 15 is 0 Å². The van der Waals surface area contributed by atoms with E-state index in [0.717, 1.165) is 5.56 Å². The Kier molecular flexibility index (Phi) is 3.56. The monoisotopic (exact) mass is 340 g/mol. The molecule has 10 heteroatoms. The minimum atomic E-state index is -0.508. The van der Waals surface area contributed by atoms with E-state index in [1.54, 1.807) is 13.0 Å². The number of ether oxygens (including phenoxy) is 2. The van der Waals surface area contributed by atoms with E-state index in [4.69, 9.17) is 9.47 Å². The first-order valence-electron chi connectivity index (χ1n) is 7.56. The summed E-state index contributed by atoms with van der Waals surface area (Å²) in [6.45, 7) is 3.73.